The first kappa shape index (κ1) is 26.5. The van der Waals surface area contributed by atoms with Gasteiger partial charge in [-0.15, -0.1) is 23.2 Å². The van der Waals surface area contributed by atoms with Gasteiger partial charge >= 0.3 is 18.1 Å². The number of benzene rings is 1. The van der Waals surface area contributed by atoms with Crippen molar-refractivity contribution in [1.29, 1.82) is 0 Å². The molecule has 1 aliphatic carbocycles. The lowest BCUT2D eigenvalue weighted by Gasteiger charge is -2.08. The number of pyridine rings is 1. The van der Waals surface area contributed by atoms with Crippen molar-refractivity contribution in [3.8, 4) is 5.75 Å². The Morgan fingerprint density at radius 2 is 1.76 bits per heavy atom. The molecule has 1 fully saturated rings. The number of carboxylic acid groups (broad SMARTS) is 2. The summed E-state index contributed by atoms with van der Waals surface area (Å²) in [5.41, 5.74) is 1.88. The average Bonchev–Trinajstić information content (AvgIpc) is 3.27. The molecule has 2 unspecified atom stereocenters. The molecular formula is C21H21Cl2F3N2O5. The molecule has 2 atom stereocenters. The number of halogens is 5. The van der Waals surface area contributed by atoms with Gasteiger partial charge in [0, 0.05) is 31.0 Å². The largest absolute Gasteiger partial charge is 0.493 e. The van der Waals surface area contributed by atoms with Gasteiger partial charge < -0.3 is 20.3 Å². The van der Waals surface area contributed by atoms with E-state index in [1.54, 1.807) is 0 Å². The number of alkyl halides is 5. The van der Waals surface area contributed by atoms with E-state index >= 15 is 0 Å². The second kappa shape index (κ2) is 10.9. The summed E-state index contributed by atoms with van der Waals surface area (Å²) in [5, 5.41) is 19.1. The molecule has 3 rings (SSSR count). The van der Waals surface area contributed by atoms with Gasteiger partial charge in [0.25, 0.3) is 0 Å². The fourth-order valence-electron chi connectivity index (χ4n) is 3.09. The van der Waals surface area contributed by atoms with E-state index < -0.39 is 22.4 Å². The summed E-state index contributed by atoms with van der Waals surface area (Å²) >= 11 is 12.5. The van der Waals surface area contributed by atoms with Gasteiger partial charge in [0.2, 0.25) is 0 Å². The molecule has 12 heteroatoms. The Bertz CT molecular complexity index is 971. The lowest BCUT2D eigenvalue weighted by atomic mass is 10.1. The predicted octanol–water partition coefficient (Wildman–Crippen LogP) is 4.74. The number of aliphatic carboxylic acids is 2. The molecular weight excluding hydrogens is 488 g/mol. The summed E-state index contributed by atoms with van der Waals surface area (Å²) in [6.07, 6.45) is -4.42. The number of hydrogen-bond donors (Lipinski definition) is 3. The second-order valence-electron chi connectivity index (χ2n) is 7.09. The van der Waals surface area contributed by atoms with Crippen LogP contribution in [0.2, 0.25) is 0 Å². The van der Waals surface area contributed by atoms with Crippen LogP contribution in [0.3, 0.4) is 0 Å². The number of anilines is 1. The fourth-order valence-corrected chi connectivity index (χ4v) is 3.93. The number of rotatable bonds is 8. The van der Waals surface area contributed by atoms with Crippen LogP contribution in [-0.2, 0) is 16.0 Å². The molecule has 7 nitrogen and oxygen atoms in total. The summed E-state index contributed by atoms with van der Waals surface area (Å²) in [7, 11) is 1.83. The Kier molecular flexibility index (Phi) is 8.79. The van der Waals surface area contributed by atoms with Crippen LogP contribution in [0.4, 0.5) is 19.0 Å². The zero-order valence-electron chi connectivity index (χ0n) is 17.3. The molecule has 0 spiro atoms. The van der Waals surface area contributed by atoms with Crippen LogP contribution >= 0.6 is 23.2 Å². The topological polar surface area (TPSA) is 109 Å². The molecule has 3 N–H and O–H groups in total. The third-order valence-electron chi connectivity index (χ3n) is 4.77. The zero-order chi connectivity index (χ0) is 24.8. The number of ether oxygens (including phenoxy) is 1. The van der Waals surface area contributed by atoms with Crippen molar-refractivity contribution in [2.24, 2.45) is 5.92 Å². The molecule has 1 aliphatic rings. The molecule has 180 valence electrons. The Balaban J connectivity index is 0.000000479. The highest BCUT2D eigenvalue weighted by molar-refractivity contribution is 6.52. The highest BCUT2D eigenvalue weighted by Crippen LogP contribution is 2.66. The third-order valence-corrected chi connectivity index (χ3v) is 5.80. The third kappa shape index (κ3) is 7.68. The lowest BCUT2D eigenvalue weighted by molar-refractivity contribution is -0.192. The Hall–Kier alpha value is -2.72. The summed E-state index contributed by atoms with van der Waals surface area (Å²) < 4.78 is 36.5. The minimum Gasteiger partial charge on any atom is -0.493 e. The molecule has 0 amide bonds. The highest BCUT2D eigenvalue weighted by atomic mass is 35.5. The van der Waals surface area contributed by atoms with E-state index in [9.17, 15) is 18.0 Å². The van der Waals surface area contributed by atoms with Crippen LogP contribution in [0.1, 0.15) is 23.6 Å². The first-order chi connectivity index (χ1) is 15.4. The molecule has 0 bridgehead atoms. The van der Waals surface area contributed by atoms with Crippen molar-refractivity contribution in [3.05, 3.63) is 53.7 Å². The van der Waals surface area contributed by atoms with E-state index in [0.717, 1.165) is 22.8 Å². The maximum absolute atomic E-state index is 10.9. The van der Waals surface area contributed by atoms with Crippen molar-refractivity contribution in [2.75, 3.05) is 19.0 Å². The number of carboxylic acids is 2. The zero-order valence-corrected chi connectivity index (χ0v) is 18.8. The number of nitrogens with zero attached hydrogens (tertiary/aromatic N) is 1. The van der Waals surface area contributed by atoms with Gasteiger partial charge in [-0.2, -0.15) is 13.2 Å². The van der Waals surface area contributed by atoms with E-state index in [4.69, 9.17) is 42.9 Å². The molecule has 1 saturated carbocycles. The van der Waals surface area contributed by atoms with E-state index in [-0.39, 0.29) is 18.3 Å². The Labute approximate surface area is 197 Å². The number of nitrogens with one attached hydrogen (secondary N) is 1. The normalized spacial score (nSPS) is 18.5. The van der Waals surface area contributed by atoms with Crippen LogP contribution in [-0.4, -0.2) is 51.3 Å². The van der Waals surface area contributed by atoms with Crippen LogP contribution in [0.5, 0.6) is 5.75 Å². The van der Waals surface area contributed by atoms with E-state index in [0.29, 0.717) is 13.0 Å². The first-order valence-corrected chi connectivity index (χ1v) is 10.4. The molecule has 0 aliphatic heterocycles. The van der Waals surface area contributed by atoms with Crippen LogP contribution in [0.15, 0.2) is 42.5 Å². The quantitative estimate of drug-likeness (QED) is 0.441. The smallest absolute Gasteiger partial charge is 0.490 e. The number of aromatic nitrogens is 1. The minimum absolute atomic E-state index is 0.0331. The fraction of sp³-hybridized carbons (Fsp3) is 0.381. The van der Waals surface area contributed by atoms with Crippen LogP contribution in [0, 0.1) is 5.92 Å². The lowest BCUT2D eigenvalue weighted by Crippen LogP contribution is -2.21. The van der Waals surface area contributed by atoms with Gasteiger partial charge in [-0.25, -0.2) is 9.78 Å². The van der Waals surface area contributed by atoms with E-state index in [2.05, 4.69) is 10.3 Å². The van der Waals surface area contributed by atoms with Gasteiger partial charge in [0.15, 0.2) is 0 Å². The SMILES string of the molecule is CNc1cccc(CCOc2ccc(C3C(CC(=O)O)C3(Cl)Cl)cc2)n1.O=C(O)C(F)(F)F. The molecule has 0 radical (unpaired) electrons. The minimum atomic E-state index is -5.08. The molecule has 0 saturated heterocycles. The van der Waals surface area contributed by atoms with Gasteiger partial charge in [-0.1, -0.05) is 18.2 Å². The van der Waals surface area contributed by atoms with Crippen molar-refractivity contribution in [2.45, 2.75) is 29.3 Å². The van der Waals surface area contributed by atoms with Crippen molar-refractivity contribution in [1.82, 2.24) is 4.98 Å². The van der Waals surface area contributed by atoms with E-state index in [1.165, 1.54) is 0 Å². The molecule has 33 heavy (non-hydrogen) atoms. The van der Waals surface area contributed by atoms with Crippen LogP contribution in [0.25, 0.3) is 0 Å². The summed E-state index contributed by atoms with van der Waals surface area (Å²) in [6.45, 7) is 0.513. The summed E-state index contributed by atoms with van der Waals surface area (Å²) in [6, 6.07) is 13.3. The Morgan fingerprint density at radius 1 is 1.15 bits per heavy atom. The van der Waals surface area contributed by atoms with Crippen LogP contribution < -0.4 is 10.1 Å². The highest BCUT2D eigenvalue weighted by Gasteiger charge is 2.64. The second-order valence-corrected chi connectivity index (χ2v) is 8.54. The van der Waals surface area contributed by atoms with Gasteiger partial charge in [0.1, 0.15) is 15.9 Å². The summed E-state index contributed by atoms with van der Waals surface area (Å²) in [4.78, 5) is 24.2. The standard InChI is InChI=1S/C19H20Cl2N2O3.C2HF3O2/c1-22-16-4-2-3-13(23-16)9-10-26-14-7-5-12(6-8-14)18-15(11-17(24)25)19(18,20)21;3-2(4,5)1(6)7/h2-8,15,18H,9-11H2,1H3,(H,22,23)(H,24,25);(H,6,7). The number of carbonyl (C=O) groups is 2. The number of hydrogen-bond acceptors (Lipinski definition) is 5. The first-order valence-electron chi connectivity index (χ1n) is 9.62. The molecule has 1 aromatic carbocycles. The van der Waals surface area contributed by atoms with Crippen molar-refractivity contribution >= 4 is 41.0 Å². The Morgan fingerprint density at radius 3 is 2.27 bits per heavy atom. The monoisotopic (exact) mass is 508 g/mol. The van der Waals surface area contributed by atoms with Gasteiger partial charge in [-0.05, 0) is 29.8 Å². The predicted molar refractivity (Wildman–Crippen MR) is 116 cm³/mol. The van der Waals surface area contributed by atoms with Gasteiger partial charge in [0.05, 0.1) is 13.0 Å². The maximum atomic E-state index is 10.9. The van der Waals surface area contributed by atoms with Crippen molar-refractivity contribution in [3.63, 3.8) is 0 Å². The molecule has 2 aromatic rings. The average molecular weight is 509 g/mol. The molecule has 1 aromatic heterocycles. The molecule has 1 heterocycles. The van der Waals surface area contributed by atoms with E-state index in [1.807, 2.05) is 49.5 Å². The van der Waals surface area contributed by atoms with Crippen molar-refractivity contribution < 1.29 is 37.7 Å². The van der Waals surface area contributed by atoms with Gasteiger partial charge in [-0.3, -0.25) is 4.79 Å². The maximum Gasteiger partial charge on any atom is 0.490 e. The summed E-state index contributed by atoms with van der Waals surface area (Å²) in [5.74, 6) is -2.50.